The fourth-order valence-corrected chi connectivity index (χ4v) is 4.11. The molecule has 2 rings (SSSR count). The fraction of sp³-hybridized carbons (Fsp3) is 0.462. The van der Waals surface area contributed by atoms with E-state index in [0.29, 0.717) is 0 Å². The first-order valence-corrected chi connectivity index (χ1v) is 8.26. The number of nitrogens with zero attached hydrogens (tertiary/aromatic N) is 2. The quantitative estimate of drug-likeness (QED) is 0.625. The van der Waals surface area contributed by atoms with Crippen LogP contribution in [0.1, 0.15) is 12.8 Å². The van der Waals surface area contributed by atoms with Gasteiger partial charge in [-0.1, -0.05) is 0 Å². The lowest BCUT2D eigenvalue weighted by molar-refractivity contribution is -0.385. The Hall–Kier alpha value is -2.20. The number of benzene rings is 1. The molecule has 1 N–H and O–H groups in total. The zero-order valence-electron chi connectivity index (χ0n) is 12.3. The summed E-state index contributed by atoms with van der Waals surface area (Å²) in [5.41, 5.74) is -0.357. The monoisotopic (exact) mass is 344 g/mol. The molecule has 0 aliphatic carbocycles. The Morgan fingerprint density at radius 1 is 1.39 bits per heavy atom. The van der Waals surface area contributed by atoms with E-state index < -0.39 is 26.8 Å². The van der Waals surface area contributed by atoms with E-state index in [4.69, 9.17) is 9.84 Å². The van der Waals surface area contributed by atoms with Crippen molar-refractivity contribution in [3.8, 4) is 5.75 Å². The Morgan fingerprint density at radius 2 is 2.00 bits per heavy atom. The maximum absolute atomic E-state index is 12.7. The van der Waals surface area contributed by atoms with Gasteiger partial charge >= 0.3 is 5.97 Å². The van der Waals surface area contributed by atoms with Crippen molar-refractivity contribution < 1.29 is 28.0 Å². The molecule has 0 aromatic heterocycles. The summed E-state index contributed by atoms with van der Waals surface area (Å²) in [4.78, 5) is 20.8. The van der Waals surface area contributed by atoms with Gasteiger partial charge in [-0.05, 0) is 18.9 Å². The first kappa shape index (κ1) is 17.2. The highest BCUT2D eigenvalue weighted by Gasteiger charge is 2.34. The molecule has 23 heavy (non-hydrogen) atoms. The number of sulfonamides is 1. The second-order valence-corrected chi connectivity index (χ2v) is 7.02. The summed E-state index contributed by atoms with van der Waals surface area (Å²) < 4.78 is 31.5. The Morgan fingerprint density at radius 3 is 2.48 bits per heavy atom. The van der Waals surface area contributed by atoms with Crippen LogP contribution in [0.25, 0.3) is 0 Å². The molecule has 1 aromatic carbocycles. The minimum atomic E-state index is -4.00. The highest BCUT2D eigenvalue weighted by atomic mass is 32.2. The van der Waals surface area contributed by atoms with Gasteiger partial charge in [0, 0.05) is 25.2 Å². The van der Waals surface area contributed by atoms with Crippen LogP contribution in [0.15, 0.2) is 23.1 Å². The van der Waals surface area contributed by atoms with Gasteiger partial charge < -0.3 is 9.84 Å². The molecule has 126 valence electrons. The number of nitro benzene ring substituents is 1. The highest BCUT2D eigenvalue weighted by molar-refractivity contribution is 7.89. The molecule has 1 aliphatic rings. The third-order valence-electron chi connectivity index (χ3n) is 3.78. The number of non-ortho nitro benzene ring substituents is 1. The summed E-state index contributed by atoms with van der Waals surface area (Å²) in [6, 6.07) is 3.35. The van der Waals surface area contributed by atoms with E-state index in [0.717, 1.165) is 16.4 Å². The average Bonchev–Trinajstić information content (AvgIpc) is 2.54. The Bertz CT molecular complexity index is 724. The van der Waals surface area contributed by atoms with E-state index in [1.165, 1.54) is 13.2 Å². The largest absolute Gasteiger partial charge is 0.495 e. The topological polar surface area (TPSA) is 127 Å². The van der Waals surface area contributed by atoms with E-state index in [9.17, 15) is 23.3 Å². The molecule has 0 saturated carbocycles. The van der Waals surface area contributed by atoms with Crippen LogP contribution in [0, 0.1) is 16.0 Å². The maximum Gasteiger partial charge on any atom is 0.306 e. The van der Waals surface area contributed by atoms with Crippen molar-refractivity contribution in [3.63, 3.8) is 0 Å². The molecule has 0 amide bonds. The summed E-state index contributed by atoms with van der Waals surface area (Å²) in [6.45, 7) is 0.0935. The summed E-state index contributed by atoms with van der Waals surface area (Å²) in [5, 5.41) is 19.8. The number of carbonyl (C=O) groups is 1. The third kappa shape index (κ3) is 3.42. The number of carboxylic acids is 1. The first-order chi connectivity index (χ1) is 10.8. The second-order valence-electron chi connectivity index (χ2n) is 5.11. The third-order valence-corrected chi connectivity index (χ3v) is 5.70. The van der Waals surface area contributed by atoms with Gasteiger partial charge in [-0.3, -0.25) is 14.9 Å². The predicted octanol–water partition coefficient (Wildman–Crippen LogP) is 1.09. The maximum atomic E-state index is 12.7. The minimum absolute atomic E-state index is 0.0101. The van der Waals surface area contributed by atoms with Crippen LogP contribution in [0.4, 0.5) is 5.69 Å². The Balaban J connectivity index is 2.34. The summed E-state index contributed by atoms with van der Waals surface area (Å²) in [7, 11) is -2.72. The van der Waals surface area contributed by atoms with Crippen molar-refractivity contribution in [1.29, 1.82) is 0 Å². The van der Waals surface area contributed by atoms with Gasteiger partial charge in [-0.2, -0.15) is 4.31 Å². The SMILES string of the molecule is COc1ccc([N+](=O)[O-])cc1S(=O)(=O)N1CCC(C(=O)O)CC1. The number of carboxylic acid groups (broad SMARTS) is 1. The summed E-state index contributed by atoms with van der Waals surface area (Å²) in [6.07, 6.45) is 0.400. The number of piperidine rings is 1. The molecule has 0 atom stereocenters. The molecule has 9 nitrogen and oxygen atoms in total. The van der Waals surface area contributed by atoms with Gasteiger partial charge in [-0.25, -0.2) is 8.42 Å². The molecule has 10 heteroatoms. The molecule has 1 heterocycles. The lowest BCUT2D eigenvalue weighted by Gasteiger charge is -2.29. The fourth-order valence-electron chi connectivity index (χ4n) is 2.46. The van der Waals surface area contributed by atoms with Crippen molar-refractivity contribution >= 4 is 21.7 Å². The van der Waals surface area contributed by atoms with Gasteiger partial charge in [-0.15, -0.1) is 0 Å². The predicted molar refractivity (Wildman–Crippen MR) is 78.8 cm³/mol. The number of ether oxygens (including phenoxy) is 1. The Kier molecular flexibility index (Phi) is 4.85. The van der Waals surface area contributed by atoms with E-state index in [2.05, 4.69) is 0 Å². The normalized spacial score (nSPS) is 16.9. The van der Waals surface area contributed by atoms with Gasteiger partial charge in [0.15, 0.2) is 0 Å². The van der Waals surface area contributed by atoms with Crippen molar-refractivity contribution in [2.45, 2.75) is 17.7 Å². The molecular formula is C13H16N2O7S. The van der Waals surface area contributed by atoms with Crippen molar-refractivity contribution in [1.82, 2.24) is 4.31 Å². The molecular weight excluding hydrogens is 328 g/mol. The van der Waals surface area contributed by atoms with Crippen LogP contribution in [-0.2, 0) is 14.8 Å². The minimum Gasteiger partial charge on any atom is -0.495 e. The lowest BCUT2D eigenvalue weighted by Crippen LogP contribution is -2.40. The van der Waals surface area contributed by atoms with E-state index >= 15 is 0 Å². The van der Waals surface area contributed by atoms with Crippen molar-refractivity contribution in [2.24, 2.45) is 5.92 Å². The van der Waals surface area contributed by atoms with Gasteiger partial charge in [0.2, 0.25) is 10.0 Å². The van der Waals surface area contributed by atoms with E-state index in [1.807, 2.05) is 0 Å². The highest BCUT2D eigenvalue weighted by Crippen LogP contribution is 2.32. The lowest BCUT2D eigenvalue weighted by atomic mass is 9.99. The number of hydrogen-bond acceptors (Lipinski definition) is 6. The number of methoxy groups -OCH3 is 1. The van der Waals surface area contributed by atoms with Crippen LogP contribution < -0.4 is 4.74 Å². The summed E-state index contributed by atoms with van der Waals surface area (Å²) in [5.74, 6) is -1.51. The van der Waals surface area contributed by atoms with E-state index in [1.54, 1.807) is 0 Å². The van der Waals surface area contributed by atoms with E-state index in [-0.39, 0.29) is 42.3 Å². The second kappa shape index (κ2) is 6.50. The molecule has 0 bridgehead atoms. The van der Waals surface area contributed by atoms with Crippen LogP contribution in [-0.4, -0.2) is 48.9 Å². The molecule has 1 saturated heterocycles. The number of aliphatic carboxylic acids is 1. The first-order valence-electron chi connectivity index (χ1n) is 6.82. The molecule has 1 aromatic rings. The van der Waals surface area contributed by atoms with Crippen LogP contribution in [0.5, 0.6) is 5.75 Å². The number of rotatable bonds is 5. The van der Waals surface area contributed by atoms with Gasteiger partial charge in [0.1, 0.15) is 10.6 Å². The molecule has 0 radical (unpaired) electrons. The van der Waals surface area contributed by atoms with Crippen molar-refractivity contribution in [3.05, 3.63) is 28.3 Å². The summed E-state index contributed by atoms with van der Waals surface area (Å²) >= 11 is 0. The Labute approximate surface area is 132 Å². The molecule has 1 aliphatic heterocycles. The smallest absolute Gasteiger partial charge is 0.306 e. The van der Waals surface area contributed by atoms with Crippen molar-refractivity contribution in [2.75, 3.05) is 20.2 Å². The van der Waals surface area contributed by atoms with Crippen LogP contribution in [0.2, 0.25) is 0 Å². The zero-order valence-corrected chi connectivity index (χ0v) is 13.2. The zero-order chi connectivity index (χ0) is 17.2. The van der Waals surface area contributed by atoms with Gasteiger partial charge in [0.05, 0.1) is 18.0 Å². The number of nitro groups is 1. The molecule has 1 fully saturated rings. The average molecular weight is 344 g/mol. The molecule has 0 unspecified atom stereocenters. The number of hydrogen-bond donors (Lipinski definition) is 1. The van der Waals surface area contributed by atoms with Gasteiger partial charge in [0.25, 0.3) is 5.69 Å². The van der Waals surface area contributed by atoms with Crippen LogP contribution in [0.3, 0.4) is 0 Å². The van der Waals surface area contributed by atoms with Crippen LogP contribution >= 0.6 is 0 Å². The standard InChI is InChI=1S/C13H16N2O7S/c1-22-11-3-2-10(15(18)19)8-12(11)23(20,21)14-6-4-9(5-7-14)13(16)17/h2-3,8-9H,4-7H2,1H3,(H,16,17). The molecule has 0 spiro atoms.